The summed E-state index contributed by atoms with van der Waals surface area (Å²) in [4.78, 5) is 15.0. The maximum atomic E-state index is 12.5. The molecule has 1 N–H and O–H groups in total. The number of benzene rings is 1. The first-order chi connectivity index (χ1) is 11.6. The quantitative estimate of drug-likeness (QED) is 0.769. The van der Waals surface area contributed by atoms with E-state index in [4.69, 9.17) is 9.47 Å². The lowest BCUT2D eigenvalue weighted by atomic mass is 10.1. The van der Waals surface area contributed by atoms with Crippen molar-refractivity contribution in [1.29, 1.82) is 0 Å². The van der Waals surface area contributed by atoms with Crippen LogP contribution in [0, 0.1) is 0 Å². The zero-order chi connectivity index (χ0) is 17.0. The molecule has 24 heavy (non-hydrogen) atoms. The molecular formula is C18H28N3O3+. The molecule has 0 atom stereocenters. The van der Waals surface area contributed by atoms with Gasteiger partial charge in [-0.05, 0) is 26.0 Å². The third kappa shape index (κ3) is 3.82. The van der Waals surface area contributed by atoms with Crippen molar-refractivity contribution in [2.75, 3.05) is 64.3 Å². The van der Waals surface area contributed by atoms with Gasteiger partial charge in [-0.2, -0.15) is 0 Å². The Morgan fingerprint density at radius 2 is 1.71 bits per heavy atom. The molecule has 6 nitrogen and oxygen atoms in total. The minimum Gasteiger partial charge on any atom is -0.490 e. The van der Waals surface area contributed by atoms with Crippen LogP contribution in [0.3, 0.4) is 0 Å². The van der Waals surface area contributed by atoms with E-state index >= 15 is 0 Å². The first-order valence-electron chi connectivity index (χ1n) is 8.91. The molecule has 0 spiro atoms. The van der Waals surface area contributed by atoms with Crippen LogP contribution in [-0.2, 0) is 4.79 Å². The summed E-state index contributed by atoms with van der Waals surface area (Å²) in [5.41, 5.74) is 0.765. The van der Waals surface area contributed by atoms with E-state index in [-0.39, 0.29) is 5.91 Å². The van der Waals surface area contributed by atoms with E-state index < -0.39 is 0 Å². The normalized spacial score (nSPS) is 25.3. The van der Waals surface area contributed by atoms with E-state index in [9.17, 15) is 4.79 Å². The second-order valence-corrected chi connectivity index (χ2v) is 6.59. The predicted molar refractivity (Wildman–Crippen MR) is 93.6 cm³/mol. The highest BCUT2D eigenvalue weighted by atomic mass is 16.5. The Kier molecular flexibility index (Phi) is 5.26. The molecule has 2 bridgehead atoms. The Balaban J connectivity index is 1.64. The van der Waals surface area contributed by atoms with Gasteiger partial charge in [0.2, 0.25) is 0 Å². The summed E-state index contributed by atoms with van der Waals surface area (Å²) < 4.78 is 12.1. The van der Waals surface area contributed by atoms with Gasteiger partial charge >= 0.3 is 0 Å². The van der Waals surface area contributed by atoms with Crippen molar-refractivity contribution in [2.45, 2.75) is 13.8 Å². The number of anilines is 1. The molecule has 3 saturated heterocycles. The standard InChI is InChI=1S/C18H27N3O3/c1-3-23-16-6-5-15(13-17(16)24-4-2)19-18(22)14-21-10-7-20(8-11-21)9-12-21/h5-6,13H,3-4,7-12,14H2,1-2H3/p+1. The number of fused-ring (bicyclic) bond motifs is 3. The molecule has 0 unspecified atom stereocenters. The van der Waals surface area contributed by atoms with Crippen LogP contribution in [0.5, 0.6) is 11.5 Å². The van der Waals surface area contributed by atoms with Gasteiger partial charge in [0.25, 0.3) is 5.91 Å². The fourth-order valence-electron chi connectivity index (χ4n) is 3.60. The Hall–Kier alpha value is -1.79. The van der Waals surface area contributed by atoms with Crippen molar-refractivity contribution in [3.63, 3.8) is 0 Å². The van der Waals surface area contributed by atoms with Crippen molar-refractivity contribution < 1.29 is 18.8 Å². The largest absolute Gasteiger partial charge is 0.490 e. The third-order valence-corrected chi connectivity index (χ3v) is 4.98. The zero-order valence-electron chi connectivity index (χ0n) is 14.7. The number of carbonyl (C=O) groups excluding carboxylic acids is 1. The molecule has 3 aliphatic rings. The molecule has 1 aromatic rings. The van der Waals surface area contributed by atoms with Gasteiger partial charge in [0.15, 0.2) is 18.0 Å². The van der Waals surface area contributed by atoms with Gasteiger partial charge < -0.3 is 19.3 Å². The highest BCUT2D eigenvalue weighted by Gasteiger charge is 2.39. The van der Waals surface area contributed by atoms with Crippen molar-refractivity contribution in [3.05, 3.63) is 18.2 Å². The summed E-state index contributed by atoms with van der Waals surface area (Å²) in [5, 5.41) is 3.03. The molecule has 0 aliphatic carbocycles. The van der Waals surface area contributed by atoms with E-state index in [0.29, 0.717) is 31.3 Å². The molecule has 132 valence electrons. The van der Waals surface area contributed by atoms with Crippen LogP contribution in [0.2, 0.25) is 0 Å². The van der Waals surface area contributed by atoms with E-state index in [2.05, 4.69) is 10.2 Å². The van der Waals surface area contributed by atoms with Crippen molar-refractivity contribution in [3.8, 4) is 11.5 Å². The molecule has 1 aromatic carbocycles. The van der Waals surface area contributed by atoms with E-state index in [1.54, 1.807) is 0 Å². The van der Waals surface area contributed by atoms with Crippen molar-refractivity contribution in [2.24, 2.45) is 0 Å². The highest BCUT2D eigenvalue weighted by molar-refractivity contribution is 5.92. The number of nitrogens with one attached hydrogen (secondary N) is 1. The lowest BCUT2D eigenvalue weighted by Crippen LogP contribution is -2.68. The van der Waals surface area contributed by atoms with Crippen molar-refractivity contribution >= 4 is 11.6 Å². The number of hydrogen-bond acceptors (Lipinski definition) is 4. The monoisotopic (exact) mass is 334 g/mol. The maximum absolute atomic E-state index is 12.5. The zero-order valence-corrected chi connectivity index (χ0v) is 14.7. The number of amides is 1. The second kappa shape index (κ2) is 7.40. The van der Waals surface area contributed by atoms with Gasteiger partial charge in [-0.3, -0.25) is 9.69 Å². The first kappa shape index (κ1) is 17.0. The highest BCUT2D eigenvalue weighted by Crippen LogP contribution is 2.30. The predicted octanol–water partition coefficient (Wildman–Crippen LogP) is 1.57. The number of quaternary nitrogens is 1. The molecule has 0 aromatic heterocycles. The van der Waals surface area contributed by atoms with Gasteiger partial charge in [-0.1, -0.05) is 0 Å². The van der Waals surface area contributed by atoms with Crippen LogP contribution in [0.4, 0.5) is 5.69 Å². The van der Waals surface area contributed by atoms with Crippen LogP contribution in [0.15, 0.2) is 18.2 Å². The lowest BCUT2D eigenvalue weighted by Gasteiger charge is -2.50. The van der Waals surface area contributed by atoms with Crippen LogP contribution in [-0.4, -0.2) is 74.3 Å². The topological polar surface area (TPSA) is 50.8 Å². The number of nitrogens with zero attached hydrogens (tertiary/aromatic N) is 2. The fourth-order valence-corrected chi connectivity index (χ4v) is 3.60. The smallest absolute Gasteiger partial charge is 0.279 e. The van der Waals surface area contributed by atoms with Crippen LogP contribution in [0.1, 0.15) is 13.8 Å². The van der Waals surface area contributed by atoms with E-state index in [1.165, 1.54) is 0 Å². The average molecular weight is 334 g/mol. The third-order valence-electron chi connectivity index (χ3n) is 4.98. The molecule has 3 heterocycles. The molecule has 4 rings (SSSR count). The Labute approximate surface area is 143 Å². The molecule has 3 aliphatic heterocycles. The van der Waals surface area contributed by atoms with Gasteiger partial charge in [0.05, 0.1) is 32.8 Å². The molecule has 1 amide bonds. The minimum atomic E-state index is 0.0805. The molecule has 6 heteroatoms. The van der Waals surface area contributed by atoms with Crippen LogP contribution in [0.25, 0.3) is 0 Å². The number of piperazine rings is 3. The molecule has 0 saturated carbocycles. The summed E-state index contributed by atoms with van der Waals surface area (Å²) >= 11 is 0. The molecule has 3 fully saturated rings. The number of carbonyl (C=O) groups is 1. The first-order valence-corrected chi connectivity index (χ1v) is 8.91. The number of hydrogen-bond donors (Lipinski definition) is 1. The van der Waals surface area contributed by atoms with Crippen LogP contribution < -0.4 is 14.8 Å². The number of rotatable bonds is 7. The average Bonchev–Trinajstić information content (AvgIpc) is 2.58. The van der Waals surface area contributed by atoms with E-state index in [0.717, 1.165) is 49.4 Å². The van der Waals surface area contributed by atoms with Gasteiger partial charge in [0, 0.05) is 31.4 Å². The Bertz CT molecular complexity index is 569. The Morgan fingerprint density at radius 1 is 1.08 bits per heavy atom. The van der Waals surface area contributed by atoms with Crippen molar-refractivity contribution in [1.82, 2.24) is 4.90 Å². The summed E-state index contributed by atoms with van der Waals surface area (Å²) in [5.74, 6) is 1.47. The maximum Gasteiger partial charge on any atom is 0.279 e. The van der Waals surface area contributed by atoms with Gasteiger partial charge in [-0.15, -0.1) is 0 Å². The molecule has 0 radical (unpaired) electrons. The fraction of sp³-hybridized carbons (Fsp3) is 0.611. The summed E-state index contributed by atoms with van der Waals surface area (Å²) in [6, 6.07) is 5.58. The summed E-state index contributed by atoms with van der Waals surface area (Å²) in [6.45, 7) is 12.2. The lowest BCUT2D eigenvalue weighted by molar-refractivity contribution is -0.933. The number of ether oxygens (including phenoxy) is 2. The van der Waals surface area contributed by atoms with E-state index in [1.807, 2.05) is 32.0 Å². The molecular weight excluding hydrogens is 306 g/mol. The SMILES string of the molecule is CCOc1ccc(NC(=O)C[N+]23CCN(CC2)CC3)cc1OCC. The summed E-state index contributed by atoms with van der Waals surface area (Å²) in [6.07, 6.45) is 0. The summed E-state index contributed by atoms with van der Waals surface area (Å²) in [7, 11) is 0. The minimum absolute atomic E-state index is 0.0805. The van der Waals surface area contributed by atoms with Gasteiger partial charge in [0.1, 0.15) is 0 Å². The second-order valence-electron chi connectivity index (χ2n) is 6.59. The van der Waals surface area contributed by atoms with Crippen LogP contribution >= 0.6 is 0 Å². The Morgan fingerprint density at radius 3 is 2.33 bits per heavy atom. The van der Waals surface area contributed by atoms with Gasteiger partial charge in [-0.25, -0.2) is 0 Å².